The number of fused-ring (bicyclic) bond motifs is 1. The minimum Gasteiger partial charge on any atom is -0.494 e. The molecular weight excluding hydrogens is 380 g/mol. The Bertz CT molecular complexity index is 1180. The van der Waals surface area contributed by atoms with Crippen LogP contribution in [-0.2, 0) is 11.3 Å². The van der Waals surface area contributed by atoms with E-state index in [1.54, 1.807) is 0 Å². The van der Waals surface area contributed by atoms with Gasteiger partial charge in [-0.3, -0.25) is 4.79 Å². The first-order chi connectivity index (χ1) is 14.7. The number of aromatic amines is 1. The fourth-order valence-corrected chi connectivity index (χ4v) is 3.96. The number of nitrogens with zero attached hydrogens (tertiary/aromatic N) is 3. The van der Waals surface area contributed by atoms with Crippen LogP contribution in [0.3, 0.4) is 0 Å². The number of hydrogen-bond donors (Lipinski definition) is 1. The Morgan fingerprint density at radius 1 is 1.20 bits per heavy atom. The number of hydrogen-bond acceptors (Lipinski definition) is 5. The summed E-state index contributed by atoms with van der Waals surface area (Å²) in [6, 6.07) is 15.8. The molecule has 1 aliphatic rings. The molecule has 1 fully saturated rings. The highest BCUT2D eigenvalue weighted by Crippen LogP contribution is 2.31. The van der Waals surface area contributed by atoms with Crippen LogP contribution in [0.5, 0.6) is 5.75 Å². The van der Waals surface area contributed by atoms with E-state index >= 15 is 0 Å². The third-order valence-corrected chi connectivity index (χ3v) is 5.45. The Hall–Kier alpha value is -3.61. The Morgan fingerprint density at radius 3 is 2.90 bits per heavy atom. The number of nitrogens with one attached hydrogen (secondary N) is 1. The van der Waals surface area contributed by atoms with Gasteiger partial charge in [-0.15, -0.1) is 0 Å². The second-order valence-corrected chi connectivity index (χ2v) is 7.45. The van der Waals surface area contributed by atoms with Crippen molar-refractivity contribution in [2.45, 2.75) is 25.8 Å². The van der Waals surface area contributed by atoms with E-state index < -0.39 is 0 Å². The van der Waals surface area contributed by atoms with Crippen LogP contribution in [0.1, 0.15) is 30.7 Å². The van der Waals surface area contributed by atoms with Crippen LogP contribution in [0.15, 0.2) is 59.3 Å². The van der Waals surface area contributed by atoms with E-state index in [1.165, 1.54) is 0 Å². The number of carbonyl (C=O) groups is 1. The zero-order valence-corrected chi connectivity index (χ0v) is 16.7. The van der Waals surface area contributed by atoms with Crippen molar-refractivity contribution in [1.82, 2.24) is 20.0 Å². The highest BCUT2D eigenvalue weighted by Gasteiger charge is 2.33. The predicted molar refractivity (Wildman–Crippen MR) is 112 cm³/mol. The molecule has 0 aliphatic carbocycles. The summed E-state index contributed by atoms with van der Waals surface area (Å²) >= 11 is 0. The van der Waals surface area contributed by atoms with E-state index in [0.717, 1.165) is 27.8 Å². The van der Waals surface area contributed by atoms with E-state index in [1.807, 2.05) is 66.6 Å². The molecule has 0 bridgehead atoms. The van der Waals surface area contributed by atoms with E-state index in [0.29, 0.717) is 37.8 Å². The first-order valence-corrected chi connectivity index (χ1v) is 10.1. The quantitative estimate of drug-likeness (QED) is 0.524. The molecule has 0 saturated carbocycles. The Kier molecular flexibility index (Phi) is 4.71. The molecule has 5 rings (SSSR count). The van der Waals surface area contributed by atoms with Gasteiger partial charge in [-0.1, -0.05) is 23.4 Å². The van der Waals surface area contributed by atoms with Gasteiger partial charge in [0.2, 0.25) is 5.91 Å². The third-order valence-electron chi connectivity index (χ3n) is 5.45. The van der Waals surface area contributed by atoms with Crippen molar-refractivity contribution >= 4 is 16.8 Å². The van der Waals surface area contributed by atoms with Gasteiger partial charge in [0.05, 0.1) is 6.61 Å². The molecule has 1 amide bonds. The smallest absolute Gasteiger partial charge is 0.258 e. The van der Waals surface area contributed by atoms with Crippen LogP contribution < -0.4 is 4.74 Å². The van der Waals surface area contributed by atoms with E-state index in [9.17, 15) is 4.79 Å². The summed E-state index contributed by atoms with van der Waals surface area (Å²) in [6.07, 6.45) is 2.28. The van der Waals surface area contributed by atoms with Crippen LogP contribution in [-0.4, -0.2) is 39.1 Å². The zero-order valence-electron chi connectivity index (χ0n) is 16.7. The summed E-state index contributed by atoms with van der Waals surface area (Å²) in [7, 11) is 0. The zero-order chi connectivity index (χ0) is 20.5. The van der Waals surface area contributed by atoms with Gasteiger partial charge in [-0.25, -0.2) is 0 Å². The van der Waals surface area contributed by atoms with Crippen molar-refractivity contribution in [3.05, 3.63) is 66.1 Å². The maximum atomic E-state index is 12.6. The molecule has 2 aromatic heterocycles. The predicted octanol–water partition coefficient (Wildman–Crippen LogP) is 4.13. The minimum atomic E-state index is -0.0666. The van der Waals surface area contributed by atoms with Gasteiger partial charge >= 0.3 is 0 Å². The Labute approximate surface area is 173 Å². The molecule has 3 heterocycles. The highest BCUT2D eigenvalue weighted by molar-refractivity contribution is 5.92. The molecular formula is C23H22N4O3. The molecule has 30 heavy (non-hydrogen) atoms. The van der Waals surface area contributed by atoms with Gasteiger partial charge in [0.15, 0.2) is 5.82 Å². The highest BCUT2D eigenvalue weighted by atomic mass is 16.5. The summed E-state index contributed by atoms with van der Waals surface area (Å²) in [5.41, 5.74) is 2.98. The maximum Gasteiger partial charge on any atom is 0.258 e. The van der Waals surface area contributed by atoms with Crippen LogP contribution in [0, 0.1) is 0 Å². The largest absolute Gasteiger partial charge is 0.494 e. The van der Waals surface area contributed by atoms with Gasteiger partial charge in [0.1, 0.15) is 5.75 Å². The fourth-order valence-electron chi connectivity index (χ4n) is 3.96. The average Bonchev–Trinajstić information content (AvgIpc) is 3.49. The van der Waals surface area contributed by atoms with Crippen LogP contribution in [0.2, 0.25) is 0 Å². The molecule has 7 heteroatoms. The molecule has 4 aromatic rings. The summed E-state index contributed by atoms with van der Waals surface area (Å²) in [5, 5.41) is 5.22. The second kappa shape index (κ2) is 7.67. The molecule has 1 saturated heterocycles. The van der Waals surface area contributed by atoms with Crippen molar-refractivity contribution in [2.75, 3.05) is 13.2 Å². The monoisotopic (exact) mass is 402 g/mol. The number of H-pyrrole nitrogens is 1. The molecule has 7 nitrogen and oxygen atoms in total. The maximum absolute atomic E-state index is 12.6. The Morgan fingerprint density at radius 2 is 2.07 bits per heavy atom. The first-order valence-electron chi connectivity index (χ1n) is 10.1. The number of rotatable bonds is 6. The molecule has 2 aromatic carbocycles. The number of benzene rings is 2. The number of aromatic nitrogens is 3. The molecule has 1 aliphatic heterocycles. The summed E-state index contributed by atoms with van der Waals surface area (Å²) in [5.74, 6) is 1.94. The van der Waals surface area contributed by atoms with E-state index in [4.69, 9.17) is 9.26 Å². The summed E-state index contributed by atoms with van der Waals surface area (Å²) < 4.78 is 11.0. The molecule has 1 unspecified atom stereocenters. The molecule has 0 spiro atoms. The summed E-state index contributed by atoms with van der Waals surface area (Å²) in [4.78, 5) is 22.2. The molecule has 1 atom stereocenters. The normalized spacial score (nSPS) is 16.5. The van der Waals surface area contributed by atoms with E-state index in [-0.39, 0.29) is 11.8 Å². The third kappa shape index (κ3) is 3.43. The van der Waals surface area contributed by atoms with Gasteiger partial charge in [0.25, 0.3) is 5.89 Å². The number of likely N-dealkylation sites (tertiary alicyclic amines) is 1. The SMILES string of the molecule is CCOc1ccc(CN2CC(c3noc(-c4cccc5[nH]ccc45)n3)CC2=O)cc1. The Balaban J connectivity index is 1.31. The average molecular weight is 402 g/mol. The van der Waals surface area contributed by atoms with Gasteiger partial charge < -0.3 is 19.1 Å². The van der Waals surface area contributed by atoms with Crippen molar-refractivity contribution in [2.24, 2.45) is 0 Å². The lowest BCUT2D eigenvalue weighted by molar-refractivity contribution is -0.128. The van der Waals surface area contributed by atoms with Crippen LogP contribution in [0.25, 0.3) is 22.4 Å². The van der Waals surface area contributed by atoms with Crippen molar-refractivity contribution < 1.29 is 14.1 Å². The number of amides is 1. The van der Waals surface area contributed by atoms with Crippen molar-refractivity contribution in [1.29, 1.82) is 0 Å². The standard InChI is InChI=1S/C23H22N4O3/c1-2-29-17-8-6-15(7-9-17)13-27-14-16(12-21(27)28)22-25-23(30-26-22)19-4-3-5-20-18(19)10-11-24-20/h3-11,16,24H,2,12-14H2,1H3. The molecule has 1 N–H and O–H groups in total. The fraction of sp³-hybridized carbons (Fsp3) is 0.261. The van der Waals surface area contributed by atoms with Gasteiger partial charge in [-0.2, -0.15) is 4.98 Å². The molecule has 152 valence electrons. The number of ether oxygens (including phenoxy) is 1. The number of carbonyl (C=O) groups excluding carboxylic acids is 1. The second-order valence-electron chi connectivity index (χ2n) is 7.45. The van der Waals surface area contributed by atoms with Gasteiger partial charge in [0, 0.05) is 48.1 Å². The molecule has 0 radical (unpaired) electrons. The minimum absolute atomic E-state index is 0.0666. The lowest BCUT2D eigenvalue weighted by Crippen LogP contribution is -2.24. The van der Waals surface area contributed by atoms with Crippen molar-refractivity contribution in [3.63, 3.8) is 0 Å². The van der Waals surface area contributed by atoms with Crippen LogP contribution >= 0.6 is 0 Å². The van der Waals surface area contributed by atoms with Crippen LogP contribution in [0.4, 0.5) is 0 Å². The topological polar surface area (TPSA) is 84.2 Å². The summed E-state index contributed by atoms with van der Waals surface area (Å²) in [6.45, 7) is 3.74. The van der Waals surface area contributed by atoms with Gasteiger partial charge in [-0.05, 0) is 42.8 Å². The van der Waals surface area contributed by atoms with E-state index in [2.05, 4.69) is 15.1 Å². The first kappa shape index (κ1) is 18.4. The van der Waals surface area contributed by atoms with Crippen molar-refractivity contribution in [3.8, 4) is 17.2 Å². The lowest BCUT2D eigenvalue weighted by atomic mass is 10.1. The lowest BCUT2D eigenvalue weighted by Gasteiger charge is -2.16.